The number of carbonyl (C=O) groups excluding carboxylic acids is 2. The number of carbonyl (C=O) groups is 2. The van der Waals surface area contributed by atoms with E-state index in [0.29, 0.717) is 13.1 Å². The maximum Gasteiger partial charge on any atom is 0.338 e. The van der Waals surface area contributed by atoms with Gasteiger partial charge >= 0.3 is 5.97 Å². The van der Waals surface area contributed by atoms with E-state index < -0.39 is 17.6 Å². The van der Waals surface area contributed by atoms with Gasteiger partial charge in [-0.2, -0.15) is 5.26 Å². The van der Waals surface area contributed by atoms with Crippen molar-refractivity contribution >= 4 is 11.9 Å². The second-order valence-electron chi connectivity index (χ2n) is 4.89. The van der Waals surface area contributed by atoms with Gasteiger partial charge in [-0.05, 0) is 20.8 Å². The van der Waals surface area contributed by atoms with Crippen LogP contribution in [0.2, 0.25) is 0 Å². The lowest BCUT2D eigenvalue weighted by Gasteiger charge is -2.30. The van der Waals surface area contributed by atoms with Gasteiger partial charge in [-0.1, -0.05) is 0 Å². The van der Waals surface area contributed by atoms with Crippen molar-refractivity contribution in [2.45, 2.75) is 32.4 Å². The van der Waals surface area contributed by atoms with Gasteiger partial charge in [0.25, 0.3) is 0 Å². The van der Waals surface area contributed by atoms with E-state index >= 15 is 0 Å². The van der Waals surface area contributed by atoms with E-state index in [0.717, 1.165) is 0 Å². The average Bonchev–Trinajstić information content (AvgIpc) is 2.15. The summed E-state index contributed by atoms with van der Waals surface area (Å²) in [5.74, 6) is -0.783. The Kier molecular flexibility index (Phi) is 4.07. The van der Waals surface area contributed by atoms with Gasteiger partial charge in [-0.3, -0.25) is 9.69 Å². The Bertz CT molecular complexity index is 354. The molecule has 1 fully saturated rings. The van der Waals surface area contributed by atoms with Crippen molar-refractivity contribution in [3.05, 3.63) is 0 Å². The first kappa shape index (κ1) is 13.5. The summed E-state index contributed by atoms with van der Waals surface area (Å²) in [5.41, 5.74) is -0.635. The van der Waals surface area contributed by atoms with E-state index in [9.17, 15) is 9.59 Å². The third-order valence-corrected chi connectivity index (χ3v) is 2.19. The molecule has 1 aliphatic heterocycles. The molecule has 1 amide bonds. The smallest absolute Gasteiger partial charge is 0.338 e. The predicted molar refractivity (Wildman–Crippen MR) is 59.8 cm³/mol. The van der Waals surface area contributed by atoms with Crippen LogP contribution in [-0.4, -0.2) is 48.1 Å². The minimum absolute atomic E-state index is 0.0530. The second-order valence-corrected chi connectivity index (χ2v) is 4.89. The van der Waals surface area contributed by atoms with Gasteiger partial charge in [0.05, 0.1) is 12.6 Å². The summed E-state index contributed by atoms with van der Waals surface area (Å²) in [5, 5.41) is 11.6. The van der Waals surface area contributed by atoms with Crippen LogP contribution in [0.25, 0.3) is 0 Å². The van der Waals surface area contributed by atoms with Crippen LogP contribution in [0.1, 0.15) is 20.8 Å². The summed E-state index contributed by atoms with van der Waals surface area (Å²) in [7, 11) is 0. The van der Waals surface area contributed by atoms with Crippen LogP contribution in [0.15, 0.2) is 0 Å². The highest BCUT2D eigenvalue weighted by Crippen LogP contribution is 2.11. The van der Waals surface area contributed by atoms with E-state index in [1.54, 1.807) is 20.8 Å². The van der Waals surface area contributed by atoms with Crippen LogP contribution >= 0.6 is 0 Å². The summed E-state index contributed by atoms with van der Waals surface area (Å²) >= 11 is 0. The highest BCUT2D eigenvalue weighted by molar-refractivity contribution is 5.83. The minimum Gasteiger partial charge on any atom is -0.458 e. The van der Waals surface area contributed by atoms with Crippen molar-refractivity contribution in [2.75, 3.05) is 19.6 Å². The van der Waals surface area contributed by atoms with Crippen LogP contribution in [0, 0.1) is 11.3 Å². The fraction of sp³-hybridized carbons (Fsp3) is 0.727. The largest absolute Gasteiger partial charge is 0.458 e. The number of piperazine rings is 1. The Morgan fingerprint density at radius 3 is 2.71 bits per heavy atom. The molecular formula is C11H17N3O3. The highest BCUT2D eigenvalue weighted by Gasteiger charge is 2.32. The van der Waals surface area contributed by atoms with Crippen molar-refractivity contribution in [3.8, 4) is 6.07 Å². The third-order valence-electron chi connectivity index (χ3n) is 2.19. The number of amides is 1. The summed E-state index contributed by atoms with van der Waals surface area (Å²) in [4.78, 5) is 24.5. The molecule has 0 aliphatic carbocycles. The minimum atomic E-state index is -1.01. The predicted octanol–water partition coefficient (Wildman–Crippen LogP) is -0.348. The number of rotatable bonds is 2. The topological polar surface area (TPSA) is 82.4 Å². The molecule has 1 unspecified atom stereocenters. The van der Waals surface area contributed by atoms with Gasteiger partial charge in [-0.15, -0.1) is 0 Å². The Morgan fingerprint density at radius 2 is 2.24 bits per heavy atom. The number of nitriles is 1. The fourth-order valence-electron chi connectivity index (χ4n) is 1.52. The zero-order valence-corrected chi connectivity index (χ0v) is 10.3. The van der Waals surface area contributed by atoms with Crippen molar-refractivity contribution in [2.24, 2.45) is 0 Å². The van der Waals surface area contributed by atoms with Crippen LogP contribution < -0.4 is 5.32 Å². The van der Waals surface area contributed by atoms with E-state index in [4.69, 9.17) is 10.00 Å². The van der Waals surface area contributed by atoms with Crippen LogP contribution in [0.3, 0.4) is 0 Å². The van der Waals surface area contributed by atoms with E-state index in [1.165, 1.54) is 4.90 Å². The molecule has 17 heavy (non-hydrogen) atoms. The van der Waals surface area contributed by atoms with Crippen molar-refractivity contribution in [3.63, 3.8) is 0 Å². The molecule has 6 nitrogen and oxygen atoms in total. The van der Waals surface area contributed by atoms with Crippen LogP contribution in [0.4, 0.5) is 0 Å². The first-order valence-electron chi connectivity index (χ1n) is 5.47. The van der Waals surface area contributed by atoms with Gasteiger partial charge < -0.3 is 10.1 Å². The first-order chi connectivity index (χ1) is 7.83. The zero-order valence-electron chi connectivity index (χ0n) is 10.3. The van der Waals surface area contributed by atoms with E-state index in [2.05, 4.69) is 5.32 Å². The lowest BCUT2D eigenvalue weighted by molar-refractivity contribution is -0.159. The van der Waals surface area contributed by atoms with E-state index in [-0.39, 0.29) is 12.5 Å². The molecular weight excluding hydrogens is 222 g/mol. The zero-order chi connectivity index (χ0) is 13.1. The fourth-order valence-corrected chi connectivity index (χ4v) is 1.52. The summed E-state index contributed by atoms with van der Waals surface area (Å²) in [6.45, 7) is 6.19. The van der Waals surface area contributed by atoms with Crippen molar-refractivity contribution < 1.29 is 14.3 Å². The number of ether oxygens (including phenoxy) is 1. The lowest BCUT2D eigenvalue weighted by atomic mass is 10.2. The van der Waals surface area contributed by atoms with Crippen LogP contribution in [-0.2, 0) is 14.3 Å². The second kappa shape index (κ2) is 5.15. The summed E-state index contributed by atoms with van der Waals surface area (Å²) in [6.07, 6.45) is 0. The van der Waals surface area contributed by atoms with Crippen molar-refractivity contribution in [1.29, 1.82) is 5.26 Å². The van der Waals surface area contributed by atoms with Gasteiger partial charge in [0.15, 0.2) is 6.04 Å². The molecule has 1 rings (SSSR count). The molecule has 1 N–H and O–H groups in total. The molecule has 6 heteroatoms. The Morgan fingerprint density at radius 1 is 1.59 bits per heavy atom. The number of esters is 1. The SMILES string of the molecule is CC(C)(C)OC(=O)C(C#N)N1CCNC(=O)C1. The lowest BCUT2D eigenvalue weighted by Crippen LogP contribution is -2.54. The molecule has 1 heterocycles. The maximum absolute atomic E-state index is 11.8. The molecule has 0 aromatic rings. The Balaban J connectivity index is 2.68. The number of nitrogens with zero attached hydrogens (tertiary/aromatic N) is 2. The molecule has 0 aromatic heterocycles. The first-order valence-corrected chi connectivity index (χ1v) is 5.47. The molecule has 0 radical (unpaired) electrons. The Labute approximate surface area is 101 Å². The molecule has 0 aromatic carbocycles. The molecule has 1 aliphatic rings. The average molecular weight is 239 g/mol. The van der Waals surface area contributed by atoms with Crippen molar-refractivity contribution in [1.82, 2.24) is 10.2 Å². The van der Waals surface area contributed by atoms with E-state index in [1.807, 2.05) is 6.07 Å². The third kappa shape index (κ3) is 4.04. The number of hydrogen-bond donors (Lipinski definition) is 1. The number of hydrogen-bond acceptors (Lipinski definition) is 5. The standard InChI is InChI=1S/C11H17N3O3/c1-11(2,3)17-10(16)8(6-12)14-5-4-13-9(15)7-14/h8H,4-5,7H2,1-3H3,(H,13,15). The maximum atomic E-state index is 11.8. The van der Waals surface area contributed by atoms with Gasteiger partial charge in [0, 0.05) is 13.1 Å². The molecule has 1 atom stereocenters. The molecule has 0 saturated carbocycles. The molecule has 1 saturated heterocycles. The number of nitrogens with one attached hydrogen (secondary N) is 1. The normalized spacial score (nSPS) is 19.1. The molecule has 94 valence electrons. The van der Waals surface area contributed by atoms with Gasteiger partial charge in [-0.25, -0.2) is 4.79 Å². The monoisotopic (exact) mass is 239 g/mol. The highest BCUT2D eigenvalue weighted by atomic mass is 16.6. The van der Waals surface area contributed by atoms with Gasteiger partial charge in [0.1, 0.15) is 5.60 Å². The molecule has 0 bridgehead atoms. The Hall–Kier alpha value is -1.61. The summed E-state index contributed by atoms with van der Waals surface area (Å²) < 4.78 is 5.14. The quantitative estimate of drug-likeness (QED) is 0.666. The van der Waals surface area contributed by atoms with Gasteiger partial charge in [0.2, 0.25) is 5.91 Å². The summed E-state index contributed by atoms with van der Waals surface area (Å²) in [6, 6.07) is 0.872. The molecule has 0 spiro atoms. The van der Waals surface area contributed by atoms with Crippen LogP contribution in [0.5, 0.6) is 0 Å².